The lowest BCUT2D eigenvalue weighted by atomic mass is 9.84. The van der Waals surface area contributed by atoms with Crippen molar-refractivity contribution in [1.82, 2.24) is 5.32 Å². The van der Waals surface area contributed by atoms with Crippen LogP contribution in [0.3, 0.4) is 0 Å². The van der Waals surface area contributed by atoms with Crippen molar-refractivity contribution >= 4 is 17.6 Å². The van der Waals surface area contributed by atoms with Crippen molar-refractivity contribution in [2.45, 2.75) is 122 Å². The molecule has 0 aliphatic carbocycles. The molecule has 43 heavy (non-hydrogen) atoms. The van der Waals surface area contributed by atoms with Gasteiger partial charge in [-0.3, -0.25) is 4.99 Å². The number of ether oxygens (including phenoxy) is 1. The monoisotopic (exact) mass is 609 g/mol. The number of halogens is 3. The van der Waals surface area contributed by atoms with E-state index in [4.69, 9.17) is 4.74 Å². The zero-order chi connectivity index (χ0) is 34.4. The first-order valence-electron chi connectivity index (χ1n) is 15.5. The molecule has 0 bridgehead atoms. The van der Waals surface area contributed by atoms with E-state index in [1.807, 2.05) is 89.2 Å². The molecule has 0 aromatic heterocycles. The largest absolute Gasteiger partial charge is 0.444 e. The van der Waals surface area contributed by atoms with Crippen LogP contribution in [0.25, 0.3) is 0 Å². The summed E-state index contributed by atoms with van der Waals surface area (Å²) in [6, 6.07) is 9.35. The van der Waals surface area contributed by atoms with Crippen molar-refractivity contribution in [2.24, 2.45) is 15.4 Å². The highest BCUT2D eigenvalue weighted by molar-refractivity contribution is 6.13. The number of hydrogen-bond donors (Lipinski definition) is 1. The molecule has 1 amide bonds. The minimum atomic E-state index is -0.629. The Balaban J connectivity index is -0.000000780. The fourth-order valence-electron chi connectivity index (χ4n) is 3.31. The highest BCUT2D eigenvalue weighted by Crippen LogP contribution is 2.24. The number of nitrogens with zero attached hydrogens (tertiary/aromatic N) is 2. The van der Waals surface area contributed by atoms with Crippen LogP contribution in [0.1, 0.15) is 115 Å². The Hall–Kier alpha value is -3.16. The summed E-state index contributed by atoms with van der Waals surface area (Å²) in [5.74, 6) is -1.18. The van der Waals surface area contributed by atoms with Crippen molar-refractivity contribution in [3.63, 3.8) is 0 Å². The lowest BCUT2D eigenvalue weighted by molar-refractivity contribution is 0.0491. The normalized spacial score (nSPS) is 12.2. The fraction of sp³-hybridized carbons (Fsp3) is 0.571. The fourth-order valence-corrected chi connectivity index (χ4v) is 3.31. The van der Waals surface area contributed by atoms with E-state index in [0.29, 0.717) is 5.71 Å². The van der Waals surface area contributed by atoms with Gasteiger partial charge in [-0.1, -0.05) is 95.2 Å². The van der Waals surface area contributed by atoms with Crippen LogP contribution in [0, 0.1) is 22.9 Å². The number of amidine groups is 1. The molecular weight excluding hydrogens is 551 g/mol. The van der Waals surface area contributed by atoms with Crippen molar-refractivity contribution in [3.05, 3.63) is 71.0 Å². The molecule has 0 saturated carbocycles. The van der Waals surface area contributed by atoms with Crippen LogP contribution in [0.4, 0.5) is 18.0 Å². The Bertz CT molecular complexity index is 1100. The maximum atomic E-state index is 14.0. The van der Waals surface area contributed by atoms with Crippen LogP contribution in [0.5, 0.6) is 0 Å². The van der Waals surface area contributed by atoms with E-state index < -0.39 is 29.4 Å². The summed E-state index contributed by atoms with van der Waals surface area (Å²) in [5.41, 5.74) is 0.624. The summed E-state index contributed by atoms with van der Waals surface area (Å²) in [6.07, 6.45) is 0.336. The maximum absolute atomic E-state index is 14.0. The third kappa shape index (κ3) is 18.2. The standard InChI is InChI=1S/C19H25F2N3O2.C8H9F.4C2H6/c1-18(2,3)15(24-17(25)26-19(4,5)6)14-10-22-16(23-14)12-9-11(20)7-8-13(12)21;1-2-7-4-3-5-8(9)6-7;4*1-2/h7-9,15H,10H2,1-6H3,(H,24,25);3-6H,2H2,1H3;4*1-2H3. The molecule has 8 heteroatoms. The summed E-state index contributed by atoms with van der Waals surface area (Å²) < 4.78 is 45.1. The van der Waals surface area contributed by atoms with E-state index in [-0.39, 0.29) is 29.2 Å². The Labute approximate surface area is 260 Å². The number of benzene rings is 2. The first-order chi connectivity index (χ1) is 20.2. The molecule has 1 atom stereocenters. The second-order valence-corrected chi connectivity index (χ2v) is 10.3. The predicted octanol–water partition coefficient (Wildman–Crippen LogP) is 10.6. The molecule has 1 unspecified atom stereocenters. The van der Waals surface area contributed by atoms with Crippen molar-refractivity contribution in [2.75, 3.05) is 6.54 Å². The molecule has 0 saturated heterocycles. The number of carbonyl (C=O) groups is 1. The Morgan fingerprint density at radius 3 is 1.84 bits per heavy atom. The zero-order valence-electron chi connectivity index (χ0n) is 29.4. The van der Waals surface area contributed by atoms with E-state index in [0.717, 1.165) is 30.2 Å². The molecule has 1 aliphatic heterocycles. The molecule has 1 aliphatic rings. The van der Waals surface area contributed by atoms with Crippen LogP contribution in [-0.4, -0.2) is 35.8 Å². The van der Waals surface area contributed by atoms with Gasteiger partial charge in [0.1, 0.15) is 23.1 Å². The minimum Gasteiger partial charge on any atom is -0.444 e. The van der Waals surface area contributed by atoms with Crippen LogP contribution in [0.15, 0.2) is 52.4 Å². The molecule has 1 N–H and O–H groups in total. The van der Waals surface area contributed by atoms with Gasteiger partial charge in [0.2, 0.25) is 0 Å². The number of carbonyl (C=O) groups excluding carboxylic acids is 1. The highest BCUT2D eigenvalue weighted by atomic mass is 19.1. The number of amides is 1. The molecule has 2 aromatic carbocycles. The van der Waals surface area contributed by atoms with E-state index >= 15 is 0 Å². The average Bonchev–Trinajstić information content (AvgIpc) is 3.46. The van der Waals surface area contributed by atoms with Gasteiger partial charge in [-0.2, -0.15) is 0 Å². The molecular formula is C35H58F3N3O2. The maximum Gasteiger partial charge on any atom is 0.408 e. The molecule has 2 aromatic rings. The van der Waals surface area contributed by atoms with Crippen LogP contribution >= 0.6 is 0 Å². The quantitative estimate of drug-likeness (QED) is 0.375. The Kier molecular flexibility index (Phi) is 24.0. The lowest BCUT2D eigenvalue weighted by Gasteiger charge is -2.32. The first-order valence-corrected chi connectivity index (χ1v) is 15.5. The molecule has 0 spiro atoms. The van der Waals surface area contributed by atoms with Gasteiger partial charge >= 0.3 is 6.09 Å². The number of hydrogen-bond acceptors (Lipinski definition) is 4. The summed E-state index contributed by atoms with van der Waals surface area (Å²) in [6.45, 7) is 29.4. The summed E-state index contributed by atoms with van der Waals surface area (Å²) in [4.78, 5) is 20.8. The van der Waals surface area contributed by atoms with Crippen molar-refractivity contribution in [3.8, 4) is 0 Å². The summed E-state index contributed by atoms with van der Waals surface area (Å²) >= 11 is 0. The molecule has 0 fully saturated rings. The van der Waals surface area contributed by atoms with Gasteiger partial charge in [-0.25, -0.2) is 23.0 Å². The second-order valence-electron chi connectivity index (χ2n) is 10.3. The summed E-state index contributed by atoms with van der Waals surface area (Å²) in [5, 5.41) is 2.82. The number of rotatable bonds is 4. The topological polar surface area (TPSA) is 63.0 Å². The number of nitrogens with one attached hydrogen (secondary N) is 1. The first kappa shape index (κ1) is 44.3. The third-order valence-corrected chi connectivity index (χ3v) is 4.97. The molecule has 5 nitrogen and oxygen atoms in total. The van der Waals surface area contributed by atoms with E-state index in [1.165, 1.54) is 6.07 Å². The van der Waals surface area contributed by atoms with Gasteiger partial charge in [-0.15, -0.1) is 0 Å². The van der Waals surface area contributed by atoms with Crippen LogP contribution in [-0.2, 0) is 11.2 Å². The van der Waals surface area contributed by atoms with E-state index in [2.05, 4.69) is 15.3 Å². The second kappa shape index (κ2) is 23.3. The van der Waals surface area contributed by atoms with Gasteiger partial charge in [-0.05, 0) is 68.5 Å². The van der Waals surface area contributed by atoms with Gasteiger partial charge in [0.25, 0.3) is 0 Å². The zero-order valence-corrected chi connectivity index (χ0v) is 29.4. The number of aliphatic imine (C=N–C) groups is 2. The van der Waals surface area contributed by atoms with E-state index in [9.17, 15) is 18.0 Å². The molecule has 3 rings (SSSR count). The SMILES string of the molecule is CC.CC.CC.CC.CC(C)(C)OC(=O)NC(C1=NC(c2cc(F)ccc2F)=NC1)C(C)(C)C.CCc1cccc(F)c1. The lowest BCUT2D eigenvalue weighted by Crippen LogP contribution is -2.51. The average molecular weight is 610 g/mol. The van der Waals surface area contributed by atoms with Crippen LogP contribution in [0.2, 0.25) is 0 Å². The van der Waals surface area contributed by atoms with Gasteiger partial charge in [0, 0.05) is 0 Å². The van der Waals surface area contributed by atoms with E-state index in [1.54, 1.807) is 32.9 Å². The number of alkyl carbamates (subject to hydrolysis) is 1. The van der Waals surface area contributed by atoms with Crippen LogP contribution < -0.4 is 5.32 Å². The number of aryl methyl sites for hydroxylation is 1. The third-order valence-electron chi connectivity index (χ3n) is 4.97. The Morgan fingerprint density at radius 1 is 0.860 bits per heavy atom. The molecule has 246 valence electrons. The smallest absolute Gasteiger partial charge is 0.408 e. The summed E-state index contributed by atoms with van der Waals surface area (Å²) in [7, 11) is 0. The van der Waals surface area contributed by atoms with Gasteiger partial charge in [0.15, 0.2) is 5.84 Å². The van der Waals surface area contributed by atoms with Crippen molar-refractivity contribution < 1.29 is 22.7 Å². The minimum absolute atomic E-state index is 0.00456. The predicted molar refractivity (Wildman–Crippen MR) is 179 cm³/mol. The molecule has 0 radical (unpaired) electrons. The van der Waals surface area contributed by atoms with Gasteiger partial charge < -0.3 is 10.1 Å². The molecule has 1 heterocycles. The van der Waals surface area contributed by atoms with Gasteiger partial charge in [0.05, 0.1) is 23.9 Å². The Morgan fingerprint density at radius 2 is 1.40 bits per heavy atom. The van der Waals surface area contributed by atoms with Crippen molar-refractivity contribution in [1.29, 1.82) is 0 Å². The highest BCUT2D eigenvalue weighted by Gasteiger charge is 2.34.